The van der Waals surface area contributed by atoms with Gasteiger partial charge in [0.15, 0.2) is 0 Å². The van der Waals surface area contributed by atoms with Crippen molar-refractivity contribution in [1.82, 2.24) is 4.57 Å². The number of pyridine rings is 1. The van der Waals surface area contributed by atoms with Crippen molar-refractivity contribution < 1.29 is 23.0 Å². The SMILES string of the molecule is N#Cc1ccc(OCC(O)Cn2cc(C(F)(F)F)cc(Cl)c2=O)cc1. The predicted molar refractivity (Wildman–Crippen MR) is 83.4 cm³/mol. The second-order valence-electron chi connectivity index (χ2n) is 5.13. The van der Waals surface area contributed by atoms with Crippen LogP contribution in [0.5, 0.6) is 5.75 Å². The van der Waals surface area contributed by atoms with Gasteiger partial charge in [-0.3, -0.25) is 4.79 Å². The van der Waals surface area contributed by atoms with Crippen LogP contribution in [-0.4, -0.2) is 22.4 Å². The maximum absolute atomic E-state index is 12.8. The molecule has 0 bridgehead atoms. The fraction of sp³-hybridized carbons (Fsp3) is 0.250. The highest BCUT2D eigenvalue weighted by Gasteiger charge is 2.32. The fourth-order valence-corrected chi connectivity index (χ4v) is 2.21. The third-order valence-electron chi connectivity index (χ3n) is 3.20. The predicted octanol–water partition coefficient (Wildman–Crippen LogP) is 2.83. The molecule has 1 aromatic carbocycles. The van der Waals surface area contributed by atoms with E-state index in [1.165, 1.54) is 24.3 Å². The minimum atomic E-state index is -4.66. The van der Waals surface area contributed by atoms with E-state index in [0.29, 0.717) is 28.1 Å². The van der Waals surface area contributed by atoms with Crippen LogP contribution in [0, 0.1) is 11.3 Å². The summed E-state index contributed by atoms with van der Waals surface area (Å²) in [5, 5.41) is 18.0. The summed E-state index contributed by atoms with van der Waals surface area (Å²) in [7, 11) is 0. The number of hydrogen-bond acceptors (Lipinski definition) is 4. The van der Waals surface area contributed by atoms with Crippen molar-refractivity contribution in [2.45, 2.75) is 18.8 Å². The minimum Gasteiger partial charge on any atom is -0.491 e. The van der Waals surface area contributed by atoms with Gasteiger partial charge in [0.05, 0.1) is 23.7 Å². The molecule has 0 saturated heterocycles. The van der Waals surface area contributed by atoms with E-state index < -0.39 is 35.0 Å². The van der Waals surface area contributed by atoms with Crippen molar-refractivity contribution in [1.29, 1.82) is 5.26 Å². The zero-order valence-corrected chi connectivity index (χ0v) is 13.4. The second kappa shape index (κ2) is 7.59. The molecule has 5 nitrogen and oxygen atoms in total. The Labute approximate surface area is 145 Å². The van der Waals surface area contributed by atoms with Crippen molar-refractivity contribution in [3.63, 3.8) is 0 Å². The van der Waals surface area contributed by atoms with Crippen molar-refractivity contribution >= 4 is 11.6 Å². The molecule has 1 heterocycles. The number of aliphatic hydroxyl groups excluding tert-OH is 1. The first-order valence-electron chi connectivity index (χ1n) is 6.99. The van der Waals surface area contributed by atoms with Crippen LogP contribution < -0.4 is 10.3 Å². The van der Waals surface area contributed by atoms with E-state index in [-0.39, 0.29) is 6.61 Å². The van der Waals surface area contributed by atoms with Gasteiger partial charge < -0.3 is 14.4 Å². The summed E-state index contributed by atoms with van der Waals surface area (Å²) in [6.45, 7) is -0.676. The molecule has 0 amide bonds. The molecule has 1 atom stereocenters. The number of aromatic nitrogens is 1. The monoisotopic (exact) mass is 372 g/mol. The van der Waals surface area contributed by atoms with Gasteiger partial charge in [0.2, 0.25) is 0 Å². The maximum atomic E-state index is 12.8. The molecule has 0 aliphatic carbocycles. The van der Waals surface area contributed by atoms with Gasteiger partial charge in [0.1, 0.15) is 23.5 Å². The first-order valence-corrected chi connectivity index (χ1v) is 7.36. The zero-order chi connectivity index (χ0) is 18.6. The molecule has 0 spiro atoms. The lowest BCUT2D eigenvalue weighted by atomic mass is 10.2. The topological polar surface area (TPSA) is 75.2 Å². The third-order valence-corrected chi connectivity index (χ3v) is 3.47. The summed E-state index contributed by atoms with van der Waals surface area (Å²) in [6, 6.07) is 8.53. The van der Waals surface area contributed by atoms with Crippen LogP contribution >= 0.6 is 11.6 Å². The Morgan fingerprint density at radius 1 is 1.32 bits per heavy atom. The molecular formula is C16H12ClF3N2O3. The zero-order valence-electron chi connectivity index (χ0n) is 12.6. The van der Waals surface area contributed by atoms with Crippen LogP contribution in [0.3, 0.4) is 0 Å². The number of benzene rings is 1. The van der Waals surface area contributed by atoms with Crippen LogP contribution in [-0.2, 0) is 12.7 Å². The Kier molecular flexibility index (Phi) is 5.72. The molecule has 0 radical (unpaired) electrons. The first kappa shape index (κ1) is 18.8. The number of hydrogen-bond donors (Lipinski definition) is 1. The number of nitriles is 1. The summed E-state index contributed by atoms with van der Waals surface area (Å²) in [6.07, 6.45) is -5.31. The maximum Gasteiger partial charge on any atom is 0.417 e. The van der Waals surface area contributed by atoms with Crippen molar-refractivity contribution in [2.24, 2.45) is 0 Å². The fourth-order valence-electron chi connectivity index (χ4n) is 1.99. The quantitative estimate of drug-likeness (QED) is 0.875. The van der Waals surface area contributed by atoms with Crippen molar-refractivity contribution in [2.75, 3.05) is 6.61 Å². The first-order chi connectivity index (χ1) is 11.7. The van der Waals surface area contributed by atoms with Gasteiger partial charge in [0.25, 0.3) is 5.56 Å². The Bertz CT molecular complexity index is 842. The number of alkyl halides is 3. The molecule has 2 rings (SSSR count). The van der Waals surface area contributed by atoms with Gasteiger partial charge in [-0.05, 0) is 30.3 Å². The largest absolute Gasteiger partial charge is 0.491 e. The summed E-state index contributed by atoms with van der Waals surface area (Å²) < 4.78 is 44.3. The molecule has 0 saturated carbocycles. The number of ether oxygens (including phenoxy) is 1. The van der Waals surface area contributed by atoms with Crippen LogP contribution in [0.1, 0.15) is 11.1 Å². The normalized spacial score (nSPS) is 12.5. The number of nitrogens with zero attached hydrogens (tertiary/aromatic N) is 2. The molecule has 1 unspecified atom stereocenters. The van der Waals surface area contributed by atoms with E-state index in [1.54, 1.807) is 0 Å². The van der Waals surface area contributed by atoms with Crippen LogP contribution in [0.15, 0.2) is 41.3 Å². The molecule has 1 N–H and O–H groups in total. The highest BCUT2D eigenvalue weighted by atomic mass is 35.5. The highest BCUT2D eigenvalue weighted by molar-refractivity contribution is 6.30. The van der Waals surface area contributed by atoms with E-state index in [4.69, 9.17) is 21.6 Å². The van der Waals surface area contributed by atoms with E-state index in [0.717, 1.165) is 0 Å². The average Bonchev–Trinajstić information content (AvgIpc) is 2.56. The summed E-state index contributed by atoms with van der Waals surface area (Å²) in [5.41, 5.74) is -1.50. The molecule has 2 aromatic rings. The highest BCUT2D eigenvalue weighted by Crippen LogP contribution is 2.29. The second-order valence-corrected chi connectivity index (χ2v) is 5.54. The smallest absolute Gasteiger partial charge is 0.417 e. The van der Waals surface area contributed by atoms with Gasteiger partial charge in [-0.2, -0.15) is 18.4 Å². The Morgan fingerprint density at radius 3 is 2.52 bits per heavy atom. The Balaban J connectivity index is 2.07. The third kappa shape index (κ3) is 4.98. The molecule has 25 heavy (non-hydrogen) atoms. The van der Waals surface area contributed by atoms with Gasteiger partial charge in [0, 0.05) is 6.20 Å². The molecule has 9 heteroatoms. The summed E-state index contributed by atoms with van der Waals surface area (Å²) in [4.78, 5) is 11.8. The van der Waals surface area contributed by atoms with E-state index in [2.05, 4.69) is 0 Å². The van der Waals surface area contributed by atoms with Crippen LogP contribution in [0.25, 0.3) is 0 Å². The summed E-state index contributed by atoms with van der Waals surface area (Å²) >= 11 is 5.54. The number of rotatable bonds is 5. The van der Waals surface area contributed by atoms with Gasteiger partial charge in [-0.25, -0.2) is 0 Å². The van der Waals surface area contributed by atoms with Crippen molar-refractivity contribution in [3.8, 4) is 11.8 Å². The molecular weight excluding hydrogens is 361 g/mol. The van der Waals surface area contributed by atoms with Crippen LogP contribution in [0.4, 0.5) is 13.2 Å². The lowest BCUT2D eigenvalue weighted by molar-refractivity contribution is -0.138. The lowest BCUT2D eigenvalue weighted by Gasteiger charge is -2.16. The molecule has 1 aromatic heterocycles. The van der Waals surface area contributed by atoms with Gasteiger partial charge in [-0.15, -0.1) is 0 Å². The Morgan fingerprint density at radius 2 is 1.96 bits per heavy atom. The summed E-state index contributed by atoms with van der Waals surface area (Å²) in [5.74, 6) is 0.368. The van der Waals surface area contributed by atoms with Gasteiger partial charge in [-0.1, -0.05) is 11.6 Å². The van der Waals surface area contributed by atoms with Gasteiger partial charge >= 0.3 is 6.18 Å². The van der Waals surface area contributed by atoms with Crippen LogP contribution in [0.2, 0.25) is 5.02 Å². The molecule has 132 valence electrons. The number of halogens is 4. The molecule has 0 aliphatic heterocycles. The minimum absolute atomic E-state index is 0.258. The molecule has 0 fully saturated rings. The number of aliphatic hydroxyl groups is 1. The Hall–Kier alpha value is -2.50. The average molecular weight is 373 g/mol. The van der Waals surface area contributed by atoms with E-state index in [1.807, 2.05) is 6.07 Å². The standard InChI is InChI=1S/C16H12ClF3N2O3/c17-14-5-11(16(18,19)20)7-22(15(14)24)8-12(23)9-25-13-3-1-10(6-21)2-4-13/h1-5,7,12,23H,8-9H2. The van der Waals surface area contributed by atoms with E-state index >= 15 is 0 Å². The van der Waals surface area contributed by atoms with E-state index in [9.17, 15) is 23.1 Å². The lowest BCUT2D eigenvalue weighted by Crippen LogP contribution is -2.31. The van der Waals surface area contributed by atoms with Crippen molar-refractivity contribution in [3.05, 3.63) is 63.0 Å². The molecule has 0 aliphatic rings.